The van der Waals surface area contributed by atoms with E-state index in [0.29, 0.717) is 11.0 Å². The molecule has 0 saturated carbocycles. The summed E-state index contributed by atoms with van der Waals surface area (Å²) in [7, 11) is 0. The van der Waals surface area contributed by atoms with E-state index in [0.717, 1.165) is 6.26 Å². The van der Waals surface area contributed by atoms with Crippen molar-refractivity contribution in [3.63, 3.8) is 0 Å². The summed E-state index contributed by atoms with van der Waals surface area (Å²) in [5, 5.41) is 10.1. The number of hydrogen-bond donors (Lipinski definition) is 1. The van der Waals surface area contributed by atoms with Crippen LogP contribution in [-0.4, -0.2) is 8.90 Å². The highest BCUT2D eigenvalue weighted by atomic mass is 35.6. The summed E-state index contributed by atoms with van der Waals surface area (Å²) in [6.07, 6.45) is -0.426. The molecular formula is C11H7Cl3O3. The Balaban J connectivity index is 2.65. The molecular weight excluding hydrogens is 286 g/mol. The molecule has 2 aromatic rings. The van der Waals surface area contributed by atoms with Gasteiger partial charge in [0.2, 0.25) is 3.79 Å². The molecule has 2 rings (SSSR count). The molecule has 0 fully saturated rings. The lowest BCUT2D eigenvalue weighted by Gasteiger charge is -2.18. The summed E-state index contributed by atoms with van der Waals surface area (Å²) in [5.74, 6) is 0. The lowest BCUT2D eigenvalue weighted by molar-refractivity contribution is 0.179. The molecule has 90 valence electrons. The second kappa shape index (κ2) is 4.50. The number of alkyl halides is 3. The van der Waals surface area contributed by atoms with Crippen molar-refractivity contribution in [2.75, 3.05) is 0 Å². The van der Waals surface area contributed by atoms with Crippen molar-refractivity contribution in [3.05, 3.63) is 46.3 Å². The highest BCUT2D eigenvalue weighted by Gasteiger charge is 2.34. The van der Waals surface area contributed by atoms with Crippen LogP contribution < -0.4 is 5.43 Å². The maximum atomic E-state index is 12.0. The first-order chi connectivity index (χ1) is 7.91. The van der Waals surface area contributed by atoms with Gasteiger partial charge in [0.1, 0.15) is 18.0 Å². The number of halogens is 3. The normalized spacial score (nSPS) is 13.9. The fourth-order valence-electron chi connectivity index (χ4n) is 1.46. The summed E-state index contributed by atoms with van der Waals surface area (Å²) in [6, 6.07) is 6.64. The van der Waals surface area contributed by atoms with Crippen LogP contribution >= 0.6 is 34.8 Å². The van der Waals surface area contributed by atoms with Gasteiger partial charge in [-0.2, -0.15) is 0 Å². The van der Waals surface area contributed by atoms with E-state index in [1.54, 1.807) is 24.3 Å². The third kappa shape index (κ3) is 2.43. The van der Waals surface area contributed by atoms with Crippen molar-refractivity contribution in [2.24, 2.45) is 0 Å². The average Bonchev–Trinajstić information content (AvgIpc) is 2.28. The largest absolute Gasteiger partial charge is 0.464 e. The number of para-hydroxylation sites is 1. The molecule has 1 aromatic carbocycles. The Morgan fingerprint density at radius 1 is 1.24 bits per heavy atom. The van der Waals surface area contributed by atoms with Crippen molar-refractivity contribution < 1.29 is 9.52 Å². The molecule has 0 aliphatic rings. The maximum absolute atomic E-state index is 12.0. The van der Waals surface area contributed by atoms with Gasteiger partial charge in [0, 0.05) is 0 Å². The zero-order chi connectivity index (χ0) is 12.6. The first kappa shape index (κ1) is 12.7. The van der Waals surface area contributed by atoms with Gasteiger partial charge in [-0.15, -0.1) is 0 Å². The smallest absolute Gasteiger partial charge is 0.220 e. The lowest BCUT2D eigenvalue weighted by atomic mass is 10.1. The van der Waals surface area contributed by atoms with Crippen molar-refractivity contribution in [1.82, 2.24) is 0 Å². The van der Waals surface area contributed by atoms with Gasteiger partial charge in [0.05, 0.1) is 10.9 Å². The molecule has 0 bridgehead atoms. The van der Waals surface area contributed by atoms with Gasteiger partial charge in [-0.25, -0.2) is 0 Å². The van der Waals surface area contributed by atoms with Gasteiger partial charge >= 0.3 is 0 Å². The Bertz CT molecular complexity index is 601. The molecule has 1 atom stereocenters. The topological polar surface area (TPSA) is 50.4 Å². The first-order valence-corrected chi connectivity index (χ1v) is 5.80. The van der Waals surface area contributed by atoms with Crippen LogP contribution in [-0.2, 0) is 0 Å². The SMILES string of the molecule is O=c1c(C(O)C(Cl)(Cl)Cl)coc2ccccc12. The molecule has 1 heterocycles. The number of benzene rings is 1. The summed E-state index contributed by atoms with van der Waals surface area (Å²) in [4.78, 5) is 12.0. The van der Waals surface area contributed by atoms with Gasteiger partial charge in [-0.1, -0.05) is 46.9 Å². The average molecular weight is 294 g/mol. The standard InChI is InChI=1S/C11H7Cl3O3/c12-11(13,14)10(16)7-5-17-8-4-2-1-3-6(8)9(7)15/h1-5,10,16H. The third-order valence-electron chi connectivity index (χ3n) is 2.31. The molecule has 17 heavy (non-hydrogen) atoms. The number of aliphatic hydroxyl groups is 1. The van der Waals surface area contributed by atoms with Crippen LogP contribution in [0.2, 0.25) is 0 Å². The van der Waals surface area contributed by atoms with Gasteiger partial charge in [0.15, 0.2) is 5.43 Å². The predicted molar refractivity (Wildman–Crippen MR) is 67.7 cm³/mol. The van der Waals surface area contributed by atoms with Crippen molar-refractivity contribution in [1.29, 1.82) is 0 Å². The molecule has 0 aliphatic carbocycles. The second-order valence-electron chi connectivity index (χ2n) is 3.46. The molecule has 0 spiro atoms. The zero-order valence-corrected chi connectivity index (χ0v) is 10.6. The molecule has 6 heteroatoms. The Morgan fingerprint density at radius 3 is 2.53 bits per heavy atom. The van der Waals surface area contributed by atoms with Crippen LogP contribution in [0.1, 0.15) is 11.7 Å². The fourth-order valence-corrected chi connectivity index (χ4v) is 1.81. The number of aliphatic hydroxyl groups excluding tert-OH is 1. The molecule has 0 saturated heterocycles. The number of hydrogen-bond acceptors (Lipinski definition) is 3. The Kier molecular flexibility index (Phi) is 3.36. The van der Waals surface area contributed by atoms with Crippen LogP contribution in [0.25, 0.3) is 11.0 Å². The van der Waals surface area contributed by atoms with E-state index in [2.05, 4.69) is 0 Å². The molecule has 0 radical (unpaired) electrons. The minimum absolute atomic E-state index is 0.0799. The summed E-state index contributed by atoms with van der Waals surface area (Å²) in [6.45, 7) is 0. The maximum Gasteiger partial charge on any atom is 0.220 e. The van der Waals surface area contributed by atoms with Gasteiger partial charge < -0.3 is 9.52 Å². The Labute approximate surface area is 112 Å². The molecule has 1 aromatic heterocycles. The molecule has 3 nitrogen and oxygen atoms in total. The summed E-state index contributed by atoms with van der Waals surface area (Å²) in [5.41, 5.74) is -0.0767. The van der Waals surface area contributed by atoms with Crippen molar-refractivity contribution in [2.45, 2.75) is 9.90 Å². The molecule has 0 amide bonds. The van der Waals surface area contributed by atoms with E-state index in [-0.39, 0.29) is 5.56 Å². The molecule has 1 N–H and O–H groups in total. The minimum Gasteiger partial charge on any atom is -0.464 e. The highest BCUT2D eigenvalue weighted by molar-refractivity contribution is 6.68. The first-order valence-electron chi connectivity index (χ1n) is 4.66. The Hall–Kier alpha value is -0.740. The highest BCUT2D eigenvalue weighted by Crippen LogP contribution is 2.38. The van der Waals surface area contributed by atoms with Gasteiger partial charge in [-0.3, -0.25) is 4.79 Å². The van der Waals surface area contributed by atoms with Crippen LogP contribution in [0.5, 0.6) is 0 Å². The lowest BCUT2D eigenvalue weighted by Crippen LogP contribution is -2.23. The van der Waals surface area contributed by atoms with Crippen LogP contribution in [0.4, 0.5) is 0 Å². The third-order valence-corrected chi connectivity index (χ3v) is 2.93. The van der Waals surface area contributed by atoms with E-state index in [1.165, 1.54) is 0 Å². The minimum atomic E-state index is -1.98. The molecule has 0 aliphatic heterocycles. The Morgan fingerprint density at radius 2 is 1.88 bits per heavy atom. The van der Waals surface area contributed by atoms with Crippen LogP contribution in [0.15, 0.2) is 39.7 Å². The molecule has 1 unspecified atom stereocenters. The predicted octanol–water partition coefficient (Wildman–Crippen LogP) is 3.20. The summed E-state index contributed by atoms with van der Waals surface area (Å²) < 4.78 is 3.23. The van der Waals surface area contributed by atoms with E-state index in [9.17, 15) is 9.90 Å². The van der Waals surface area contributed by atoms with E-state index in [4.69, 9.17) is 39.2 Å². The van der Waals surface area contributed by atoms with Crippen molar-refractivity contribution >= 4 is 45.8 Å². The quantitative estimate of drug-likeness (QED) is 0.822. The monoisotopic (exact) mass is 292 g/mol. The zero-order valence-electron chi connectivity index (χ0n) is 8.36. The van der Waals surface area contributed by atoms with E-state index < -0.39 is 15.3 Å². The fraction of sp³-hybridized carbons (Fsp3) is 0.182. The number of fused-ring (bicyclic) bond motifs is 1. The second-order valence-corrected chi connectivity index (χ2v) is 5.83. The van der Waals surface area contributed by atoms with E-state index in [1.807, 2.05) is 0 Å². The van der Waals surface area contributed by atoms with Gasteiger partial charge in [-0.05, 0) is 12.1 Å². The van der Waals surface area contributed by atoms with Crippen molar-refractivity contribution in [3.8, 4) is 0 Å². The van der Waals surface area contributed by atoms with Crippen LogP contribution in [0.3, 0.4) is 0 Å². The van der Waals surface area contributed by atoms with Gasteiger partial charge in [0.25, 0.3) is 0 Å². The number of rotatable bonds is 1. The van der Waals surface area contributed by atoms with E-state index >= 15 is 0 Å². The van der Waals surface area contributed by atoms with Crippen LogP contribution in [0, 0.1) is 0 Å². The summed E-state index contributed by atoms with van der Waals surface area (Å²) >= 11 is 16.6.